The highest BCUT2D eigenvalue weighted by atomic mass is 16.3. The minimum atomic E-state index is -0.177. The Balaban J connectivity index is 1.48. The number of hydrogen-bond donors (Lipinski definition) is 2. The summed E-state index contributed by atoms with van der Waals surface area (Å²) in [6.45, 7) is 6.00. The van der Waals surface area contributed by atoms with Crippen molar-refractivity contribution >= 4 is 5.91 Å². The number of likely N-dealkylation sites (tertiary alicyclic amines) is 1. The third-order valence-corrected chi connectivity index (χ3v) is 6.09. The van der Waals surface area contributed by atoms with Crippen LogP contribution in [-0.4, -0.2) is 41.1 Å². The van der Waals surface area contributed by atoms with Crippen molar-refractivity contribution in [3.8, 4) is 5.75 Å². The lowest BCUT2D eigenvalue weighted by molar-refractivity contribution is 0.0215. The summed E-state index contributed by atoms with van der Waals surface area (Å²) >= 11 is 0. The molecule has 4 nitrogen and oxygen atoms in total. The maximum absolute atomic E-state index is 12.3. The number of carbonyl (C=O) groups is 1. The highest BCUT2D eigenvalue weighted by Crippen LogP contribution is 2.37. The van der Waals surface area contributed by atoms with Crippen molar-refractivity contribution in [2.24, 2.45) is 5.92 Å². The second-order valence-corrected chi connectivity index (χ2v) is 7.91. The summed E-state index contributed by atoms with van der Waals surface area (Å²) in [4.78, 5) is 15.0. The molecule has 25 heavy (non-hydrogen) atoms. The van der Waals surface area contributed by atoms with Crippen LogP contribution in [0.1, 0.15) is 67.8 Å². The van der Waals surface area contributed by atoms with Gasteiger partial charge in [-0.05, 0) is 64.0 Å². The summed E-state index contributed by atoms with van der Waals surface area (Å²) in [7, 11) is 0. The first kappa shape index (κ1) is 18.2. The second kappa shape index (κ2) is 8.22. The fourth-order valence-electron chi connectivity index (χ4n) is 4.69. The average molecular weight is 344 g/mol. The molecule has 1 saturated heterocycles. The van der Waals surface area contributed by atoms with E-state index < -0.39 is 0 Å². The summed E-state index contributed by atoms with van der Waals surface area (Å²) in [5.41, 5.74) is 1.35. The first-order chi connectivity index (χ1) is 12.1. The van der Waals surface area contributed by atoms with Crippen LogP contribution in [0.5, 0.6) is 5.75 Å². The number of phenols is 1. The van der Waals surface area contributed by atoms with Gasteiger partial charge in [-0.3, -0.25) is 9.69 Å². The highest BCUT2D eigenvalue weighted by molar-refractivity contribution is 5.96. The number of aromatic hydroxyl groups is 1. The molecule has 2 fully saturated rings. The number of rotatable bonds is 5. The van der Waals surface area contributed by atoms with Crippen LogP contribution in [0.25, 0.3) is 0 Å². The van der Waals surface area contributed by atoms with Crippen molar-refractivity contribution in [1.82, 2.24) is 10.2 Å². The van der Waals surface area contributed by atoms with E-state index >= 15 is 0 Å². The lowest BCUT2D eigenvalue weighted by Crippen LogP contribution is -2.51. The largest absolute Gasteiger partial charge is 0.507 e. The number of amides is 1. The second-order valence-electron chi connectivity index (χ2n) is 7.91. The van der Waals surface area contributed by atoms with Crippen molar-refractivity contribution in [3.63, 3.8) is 0 Å². The molecule has 1 amide bonds. The van der Waals surface area contributed by atoms with E-state index in [4.69, 9.17) is 0 Å². The number of nitrogens with one attached hydrogen (secondary N) is 1. The Morgan fingerprint density at radius 3 is 2.88 bits per heavy atom. The van der Waals surface area contributed by atoms with Gasteiger partial charge in [0.1, 0.15) is 5.75 Å². The number of piperidine rings is 1. The number of hydrogen-bond acceptors (Lipinski definition) is 3. The summed E-state index contributed by atoms with van der Waals surface area (Å²) in [6.07, 6.45) is 9.19. The van der Waals surface area contributed by atoms with E-state index in [2.05, 4.69) is 17.1 Å². The molecule has 0 bridgehead atoms. The van der Waals surface area contributed by atoms with E-state index in [-0.39, 0.29) is 11.7 Å². The lowest BCUT2D eigenvalue weighted by Gasteiger charge is -2.48. The van der Waals surface area contributed by atoms with E-state index in [1.807, 2.05) is 13.0 Å². The van der Waals surface area contributed by atoms with Crippen LogP contribution in [0.15, 0.2) is 18.2 Å². The molecule has 3 atom stereocenters. The minimum Gasteiger partial charge on any atom is -0.507 e. The molecule has 1 heterocycles. The Morgan fingerprint density at radius 1 is 1.24 bits per heavy atom. The van der Waals surface area contributed by atoms with Crippen LogP contribution in [0, 0.1) is 12.8 Å². The van der Waals surface area contributed by atoms with Crippen LogP contribution < -0.4 is 5.32 Å². The molecule has 3 rings (SSSR count). The quantitative estimate of drug-likeness (QED) is 0.798. The van der Waals surface area contributed by atoms with Crippen LogP contribution in [-0.2, 0) is 0 Å². The maximum atomic E-state index is 12.3. The normalized spacial score (nSPS) is 26.9. The maximum Gasteiger partial charge on any atom is 0.255 e. The third kappa shape index (κ3) is 4.35. The monoisotopic (exact) mass is 344 g/mol. The summed E-state index contributed by atoms with van der Waals surface area (Å²) in [6, 6.07) is 6.56. The fraction of sp³-hybridized carbons (Fsp3) is 0.667. The molecule has 1 aliphatic heterocycles. The van der Waals surface area contributed by atoms with E-state index in [0.29, 0.717) is 18.2 Å². The fourth-order valence-corrected chi connectivity index (χ4v) is 4.69. The topological polar surface area (TPSA) is 52.6 Å². The minimum absolute atomic E-state index is 0.0535. The Morgan fingerprint density at radius 2 is 2.04 bits per heavy atom. The molecular weight excluding hydrogens is 312 g/mol. The molecule has 0 radical (unpaired) electrons. The summed E-state index contributed by atoms with van der Waals surface area (Å²) in [5, 5.41) is 12.8. The van der Waals surface area contributed by atoms with Gasteiger partial charge >= 0.3 is 0 Å². The SMILES string of the molecule is Cc1ccc(O)c(C(=O)NCCCN2[C@@H]3CCCC[C@H]3CC[C@@H]2C)c1. The van der Waals surface area contributed by atoms with Gasteiger partial charge in [-0.2, -0.15) is 0 Å². The van der Waals surface area contributed by atoms with Gasteiger partial charge in [-0.15, -0.1) is 0 Å². The zero-order valence-electron chi connectivity index (χ0n) is 15.6. The van der Waals surface area contributed by atoms with Gasteiger partial charge in [-0.25, -0.2) is 0 Å². The molecule has 0 spiro atoms. The molecule has 1 aromatic rings. The number of benzene rings is 1. The molecule has 4 heteroatoms. The molecule has 2 N–H and O–H groups in total. The van der Waals surface area contributed by atoms with Crippen molar-refractivity contribution in [3.05, 3.63) is 29.3 Å². The third-order valence-electron chi connectivity index (χ3n) is 6.09. The van der Waals surface area contributed by atoms with Crippen LogP contribution >= 0.6 is 0 Å². The van der Waals surface area contributed by atoms with Crippen LogP contribution in [0.2, 0.25) is 0 Å². The predicted molar refractivity (Wildman–Crippen MR) is 101 cm³/mol. The molecule has 1 aliphatic carbocycles. The lowest BCUT2D eigenvalue weighted by atomic mass is 9.76. The highest BCUT2D eigenvalue weighted by Gasteiger charge is 2.36. The molecule has 0 unspecified atom stereocenters. The van der Waals surface area contributed by atoms with Gasteiger partial charge in [0.2, 0.25) is 0 Å². The molecule has 2 aliphatic rings. The van der Waals surface area contributed by atoms with E-state index in [9.17, 15) is 9.90 Å². The first-order valence-electron chi connectivity index (χ1n) is 9.90. The Labute approximate surface area is 151 Å². The molecule has 138 valence electrons. The van der Waals surface area contributed by atoms with Crippen molar-refractivity contribution in [2.45, 2.75) is 70.9 Å². The van der Waals surface area contributed by atoms with Gasteiger partial charge in [0.25, 0.3) is 5.91 Å². The molecule has 0 aromatic heterocycles. The Kier molecular flexibility index (Phi) is 6.00. The Hall–Kier alpha value is -1.55. The van der Waals surface area contributed by atoms with E-state index in [0.717, 1.165) is 30.5 Å². The van der Waals surface area contributed by atoms with Crippen molar-refractivity contribution in [1.29, 1.82) is 0 Å². The first-order valence-corrected chi connectivity index (χ1v) is 9.90. The summed E-state index contributed by atoms with van der Waals surface area (Å²) < 4.78 is 0. The number of phenolic OH excluding ortho intramolecular Hbond substituents is 1. The molecule has 1 aromatic carbocycles. The zero-order chi connectivity index (χ0) is 17.8. The Bertz CT molecular complexity index is 602. The number of fused-ring (bicyclic) bond motifs is 1. The van der Waals surface area contributed by atoms with Gasteiger partial charge < -0.3 is 10.4 Å². The molecular formula is C21H32N2O2. The standard InChI is InChI=1S/C21H32N2O2/c1-15-8-11-20(24)18(14-15)21(25)22-12-5-13-23-16(2)9-10-17-6-3-4-7-19(17)23/h8,11,14,16-17,19,24H,3-7,9-10,12-13H2,1-2H3,(H,22,25)/t16-,17-,19+/m0/s1. The van der Waals surface area contributed by atoms with Crippen LogP contribution in [0.4, 0.5) is 0 Å². The molecule has 1 saturated carbocycles. The van der Waals surface area contributed by atoms with Gasteiger partial charge in [0, 0.05) is 25.2 Å². The summed E-state index contributed by atoms with van der Waals surface area (Å²) in [5.74, 6) is 0.769. The number of nitrogens with zero attached hydrogens (tertiary/aromatic N) is 1. The zero-order valence-corrected chi connectivity index (χ0v) is 15.6. The van der Waals surface area contributed by atoms with Gasteiger partial charge in [0.15, 0.2) is 0 Å². The van der Waals surface area contributed by atoms with E-state index in [1.54, 1.807) is 12.1 Å². The predicted octanol–water partition coefficient (Wildman–Crippen LogP) is 3.86. The van der Waals surface area contributed by atoms with Crippen molar-refractivity contribution in [2.75, 3.05) is 13.1 Å². The van der Waals surface area contributed by atoms with Crippen molar-refractivity contribution < 1.29 is 9.90 Å². The van der Waals surface area contributed by atoms with E-state index in [1.165, 1.54) is 38.5 Å². The number of carbonyl (C=O) groups excluding carboxylic acids is 1. The van der Waals surface area contributed by atoms with Gasteiger partial charge in [-0.1, -0.05) is 24.5 Å². The smallest absolute Gasteiger partial charge is 0.255 e. The van der Waals surface area contributed by atoms with Gasteiger partial charge in [0.05, 0.1) is 5.56 Å². The average Bonchev–Trinajstić information content (AvgIpc) is 2.62. The number of aryl methyl sites for hydroxylation is 1. The van der Waals surface area contributed by atoms with Crippen LogP contribution in [0.3, 0.4) is 0 Å².